The van der Waals surface area contributed by atoms with Gasteiger partial charge >= 0.3 is 0 Å². The van der Waals surface area contributed by atoms with Gasteiger partial charge in [0.25, 0.3) is 11.6 Å². The summed E-state index contributed by atoms with van der Waals surface area (Å²) >= 11 is 0. The van der Waals surface area contributed by atoms with Crippen molar-refractivity contribution in [2.75, 3.05) is 13.7 Å². The van der Waals surface area contributed by atoms with Crippen LogP contribution >= 0.6 is 0 Å². The van der Waals surface area contributed by atoms with E-state index in [1.54, 1.807) is 31.5 Å². The van der Waals surface area contributed by atoms with E-state index in [0.717, 1.165) is 12.0 Å². The second-order valence-corrected chi connectivity index (χ2v) is 6.87. The molecule has 1 amide bonds. The average molecular weight is 424 g/mol. The lowest BCUT2D eigenvalue weighted by molar-refractivity contribution is -0.384. The Morgan fingerprint density at radius 1 is 1.19 bits per heavy atom. The van der Waals surface area contributed by atoms with Gasteiger partial charge < -0.3 is 14.8 Å². The number of hydrogen-bond donors (Lipinski definition) is 1. The van der Waals surface area contributed by atoms with Crippen molar-refractivity contribution in [1.82, 2.24) is 15.1 Å². The van der Waals surface area contributed by atoms with Crippen molar-refractivity contribution in [3.8, 4) is 17.2 Å². The fraction of sp³-hybridized carbons (Fsp3) is 0.273. The molecule has 1 heterocycles. The lowest BCUT2D eigenvalue weighted by Gasteiger charge is -2.16. The van der Waals surface area contributed by atoms with Crippen LogP contribution in [0.15, 0.2) is 54.7 Å². The number of non-ortho nitro benzene ring substituents is 1. The SMILES string of the molecule is CCCOc1ccc(C(C)NC(=O)c2ccn(-c3ccc([N+](=O)[O-])cc3)n2)cc1OC. The largest absolute Gasteiger partial charge is 0.493 e. The van der Waals surface area contributed by atoms with Crippen molar-refractivity contribution in [1.29, 1.82) is 0 Å². The molecule has 0 saturated carbocycles. The van der Waals surface area contributed by atoms with E-state index in [9.17, 15) is 14.9 Å². The topological polar surface area (TPSA) is 109 Å². The molecule has 162 valence electrons. The van der Waals surface area contributed by atoms with Crippen molar-refractivity contribution < 1.29 is 19.2 Å². The fourth-order valence-corrected chi connectivity index (χ4v) is 2.95. The molecule has 9 heteroatoms. The van der Waals surface area contributed by atoms with Crippen LogP contribution in [0.4, 0.5) is 5.69 Å². The molecule has 3 rings (SSSR count). The Balaban J connectivity index is 1.69. The average Bonchev–Trinajstić information content (AvgIpc) is 3.28. The first-order valence-corrected chi connectivity index (χ1v) is 9.85. The quantitative estimate of drug-likeness (QED) is 0.410. The van der Waals surface area contributed by atoms with Crippen molar-refractivity contribution in [3.63, 3.8) is 0 Å². The molecule has 1 N–H and O–H groups in total. The molecule has 1 aromatic heterocycles. The second kappa shape index (κ2) is 9.75. The zero-order chi connectivity index (χ0) is 22.4. The number of aromatic nitrogens is 2. The van der Waals surface area contributed by atoms with E-state index in [2.05, 4.69) is 10.4 Å². The van der Waals surface area contributed by atoms with Gasteiger partial charge in [-0.15, -0.1) is 0 Å². The number of benzene rings is 2. The van der Waals surface area contributed by atoms with Gasteiger partial charge in [0.2, 0.25) is 0 Å². The number of hydrogen-bond acceptors (Lipinski definition) is 6. The Labute approximate surface area is 179 Å². The van der Waals surface area contributed by atoms with Crippen molar-refractivity contribution in [2.45, 2.75) is 26.3 Å². The van der Waals surface area contributed by atoms with Crippen LogP contribution in [0.5, 0.6) is 11.5 Å². The van der Waals surface area contributed by atoms with Crippen LogP contribution in [0, 0.1) is 10.1 Å². The van der Waals surface area contributed by atoms with Crippen molar-refractivity contribution >= 4 is 11.6 Å². The molecule has 2 aromatic carbocycles. The van der Waals surface area contributed by atoms with E-state index in [4.69, 9.17) is 9.47 Å². The van der Waals surface area contributed by atoms with Gasteiger partial charge in [-0.25, -0.2) is 4.68 Å². The minimum Gasteiger partial charge on any atom is -0.493 e. The third-order valence-corrected chi connectivity index (χ3v) is 4.64. The van der Waals surface area contributed by atoms with Gasteiger partial charge in [0.15, 0.2) is 17.2 Å². The Hall–Kier alpha value is -3.88. The van der Waals surface area contributed by atoms with Gasteiger partial charge in [-0.2, -0.15) is 5.10 Å². The Bertz CT molecular complexity index is 1060. The molecule has 0 aliphatic carbocycles. The number of rotatable bonds is 9. The summed E-state index contributed by atoms with van der Waals surface area (Å²) in [6.07, 6.45) is 2.52. The van der Waals surface area contributed by atoms with Crippen molar-refractivity contribution in [2.24, 2.45) is 0 Å². The Kier molecular flexibility index (Phi) is 6.86. The van der Waals surface area contributed by atoms with Crippen LogP contribution < -0.4 is 14.8 Å². The molecule has 3 aromatic rings. The highest BCUT2D eigenvalue weighted by Gasteiger charge is 2.16. The summed E-state index contributed by atoms with van der Waals surface area (Å²) < 4.78 is 12.6. The number of carbonyl (C=O) groups is 1. The number of carbonyl (C=O) groups excluding carboxylic acids is 1. The first-order valence-electron chi connectivity index (χ1n) is 9.85. The lowest BCUT2D eigenvalue weighted by Crippen LogP contribution is -2.27. The predicted octanol–water partition coefficient (Wildman–Crippen LogP) is 4.07. The maximum absolute atomic E-state index is 12.6. The molecule has 0 radical (unpaired) electrons. The number of ether oxygens (including phenoxy) is 2. The first kappa shape index (κ1) is 21.8. The smallest absolute Gasteiger partial charge is 0.272 e. The van der Waals surface area contributed by atoms with Crippen molar-refractivity contribution in [3.05, 3.63) is 76.1 Å². The summed E-state index contributed by atoms with van der Waals surface area (Å²) in [5.41, 5.74) is 1.71. The predicted molar refractivity (Wildman–Crippen MR) is 115 cm³/mol. The summed E-state index contributed by atoms with van der Waals surface area (Å²) in [6.45, 7) is 4.49. The highest BCUT2D eigenvalue weighted by Crippen LogP contribution is 2.30. The molecule has 0 bridgehead atoms. The number of nitro groups is 1. The molecule has 0 fully saturated rings. The molecule has 9 nitrogen and oxygen atoms in total. The molecule has 0 spiro atoms. The molecular formula is C22H24N4O5. The third kappa shape index (κ3) is 5.19. The van der Waals surface area contributed by atoms with Crippen LogP contribution in [0.1, 0.15) is 42.4 Å². The number of methoxy groups -OCH3 is 1. The maximum Gasteiger partial charge on any atom is 0.272 e. The van der Waals surface area contributed by atoms with E-state index >= 15 is 0 Å². The zero-order valence-electron chi connectivity index (χ0n) is 17.6. The van der Waals surface area contributed by atoms with E-state index in [0.29, 0.717) is 23.8 Å². The summed E-state index contributed by atoms with van der Waals surface area (Å²) in [6, 6.07) is 12.8. The minimum atomic E-state index is -0.468. The number of nitro benzene ring substituents is 1. The van der Waals surface area contributed by atoms with E-state index in [1.165, 1.54) is 16.8 Å². The lowest BCUT2D eigenvalue weighted by atomic mass is 10.1. The third-order valence-electron chi connectivity index (χ3n) is 4.64. The monoisotopic (exact) mass is 424 g/mol. The molecule has 1 unspecified atom stereocenters. The minimum absolute atomic E-state index is 0.00996. The van der Waals surface area contributed by atoms with Crippen LogP contribution in [0.25, 0.3) is 5.69 Å². The number of amides is 1. The summed E-state index contributed by atoms with van der Waals surface area (Å²) in [5, 5.41) is 18.0. The van der Waals surface area contributed by atoms with Crippen LogP contribution in [0.3, 0.4) is 0 Å². The normalized spacial score (nSPS) is 11.6. The Morgan fingerprint density at radius 3 is 2.58 bits per heavy atom. The molecule has 0 aliphatic rings. The first-order chi connectivity index (χ1) is 14.9. The van der Waals surface area contributed by atoms with Crippen LogP contribution in [-0.4, -0.2) is 34.3 Å². The molecule has 1 atom stereocenters. The van der Waals surface area contributed by atoms with E-state index in [1.807, 2.05) is 32.0 Å². The van der Waals surface area contributed by atoms with Gasteiger partial charge in [0.05, 0.1) is 30.4 Å². The standard InChI is InChI=1S/C22H24N4O5/c1-4-13-31-20-10-5-16(14-21(20)30-3)15(2)23-22(27)19-11-12-25(24-19)17-6-8-18(9-7-17)26(28)29/h5-12,14-15H,4,13H2,1-3H3,(H,23,27). The maximum atomic E-state index is 12.6. The summed E-state index contributed by atoms with van der Waals surface area (Å²) in [5.74, 6) is 0.932. The van der Waals surface area contributed by atoms with E-state index in [-0.39, 0.29) is 23.3 Å². The van der Waals surface area contributed by atoms with Gasteiger partial charge in [0.1, 0.15) is 0 Å². The summed E-state index contributed by atoms with van der Waals surface area (Å²) in [7, 11) is 1.58. The Morgan fingerprint density at radius 2 is 1.94 bits per heavy atom. The van der Waals surface area contributed by atoms with Gasteiger partial charge in [-0.3, -0.25) is 14.9 Å². The number of nitrogens with one attached hydrogen (secondary N) is 1. The molecule has 0 saturated heterocycles. The highest BCUT2D eigenvalue weighted by atomic mass is 16.6. The zero-order valence-corrected chi connectivity index (χ0v) is 17.6. The van der Waals surface area contributed by atoms with Gasteiger partial charge in [-0.05, 0) is 49.2 Å². The molecule has 31 heavy (non-hydrogen) atoms. The summed E-state index contributed by atoms with van der Waals surface area (Å²) in [4.78, 5) is 23.0. The number of nitrogens with zero attached hydrogens (tertiary/aromatic N) is 3. The highest BCUT2D eigenvalue weighted by molar-refractivity contribution is 5.92. The molecular weight excluding hydrogens is 400 g/mol. The van der Waals surface area contributed by atoms with Gasteiger partial charge in [-0.1, -0.05) is 13.0 Å². The van der Waals surface area contributed by atoms with Crippen LogP contribution in [0.2, 0.25) is 0 Å². The second-order valence-electron chi connectivity index (χ2n) is 6.87. The van der Waals surface area contributed by atoms with Crippen LogP contribution in [-0.2, 0) is 0 Å². The fourth-order valence-electron chi connectivity index (χ4n) is 2.95. The van der Waals surface area contributed by atoms with Gasteiger partial charge in [0, 0.05) is 18.3 Å². The van der Waals surface area contributed by atoms with E-state index < -0.39 is 4.92 Å². The molecule has 0 aliphatic heterocycles.